The molecule has 18 heavy (non-hydrogen) atoms. The average Bonchev–Trinajstić information content (AvgIpc) is 2.34. The summed E-state index contributed by atoms with van der Waals surface area (Å²) in [6, 6.07) is 0. The summed E-state index contributed by atoms with van der Waals surface area (Å²) in [5.74, 6) is 0.251. The molecule has 2 radical (unpaired) electrons. The highest BCUT2D eigenvalue weighted by atomic mass is 31.2. The molecule has 0 N–H and O–H groups in total. The van der Waals surface area contributed by atoms with Crippen LogP contribution in [-0.2, 0) is 18.8 Å². The van der Waals surface area contributed by atoms with Crippen molar-refractivity contribution in [3.8, 4) is 0 Å². The molecule has 0 aromatic heterocycles. The summed E-state index contributed by atoms with van der Waals surface area (Å²) < 4.78 is 9.36. The minimum Gasteiger partial charge on any atom is -0.149 e. The third kappa shape index (κ3) is 7.65. The summed E-state index contributed by atoms with van der Waals surface area (Å²) in [4.78, 5) is 21.8. The molecule has 1 aliphatic rings. The molecule has 0 aliphatic carbocycles. The zero-order valence-electron chi connectivity index (χ0n) is 11.4. The maximum atomic E-state index is 10.9. The van der Waals surface area contributed by atoms with E-state index in [-0.39, 0.29) is 5.92 Å². The van der Waals surface area contributed by atoms with Gasteiger partial charge in [-0.2, -0.15) is 0 Å². The van der Waals surface area contributed by atoms with Crippen molar-refractivity contribution in [2.45, 2.75) is 64.7 Å². The number of hydrogen-bond acceptors (Lipinski definition) is 2. The second-order valence-electron chi connectivity index (χ2n) is 5.17. The van der Waals surface area contributed by atoms with Crippen LogP contribution >= 0.6 is 8.17 Å². The van der Waals surface area contributed by atoms with Crippen molar-refractivity contribution in [1.29, 1.82) is 0 Å². The molecule has 0 bridgehead atoms. The highest BCUT2D eigenvalue weighted by Crippen LogP contribution is 2.57. The molecule has 1 aliphatic heterocycles. The van der Waals surface area contributed by atoms with Crippen LogP contribution in [0.5, 0.6) is 0 Å². The van der Waals surface area contributed by atoms with E-state index in [9.17, 15) is 9.79 Å². The Hall–Kier alpha value is 0.270. The third-order valence-electron chi connectivity index (χ3n) is 3.40. The van der Waals surface area contributed by atoms with E-state index in [2.05, 4.69) is 16.0 Å². The van der Waals surface area contributed by atoms with E-state index in [1.54, 1.807) is 0 Å². The Morgan fingerprint density at radius 1 is 0.889 bits per heavy atom. The lowest BCUT2D eigenvalue weighted by molar-refractivity contribution is 0.00360. The van der Waals surface area contributed by atoms with Gasteiger partial charge in [0.15, 0.2) is 0 Å². The fourth-order valence-corrected chi connectivity index (χ4v) is 3.07. The Balaban J connectivity index is 1.87. The Bertz CT molecular complexity index is 201. The molecule has 1 fully saturated rings. The van der Waals surface area contributed by atoms with Gasteiger partial charge in [0.25, 0.3) is 0 Å². The molecule has 1 rings (SSSR count). The van der Waals surface area contributed by atoms with Crippen molar-refractivity contribution >= 4 is 8.17 Å². The molecule has 0 aromatic carbocycles. The summed E-state index contributed by atoms with van der Waals surface area (Å²) in [5.41, 5.74) is 0. The highest BCUT2D eigenvalue weighted by Gasteiger charge is 2.51. The van der Waals surface area contributed by atoms with Gasteiger partial charge in [-0.1, -0.05) is 58.3 Å². The van der Waals surface area contributed by atoms with Crippen LogP contribution in [0.1, 0.15) is 64.7 Å². The van der Waals surface area contributed by atoms with Crippen LogP contribution in [0.15, 0.2) is 0 Å². The molecule has 4 nitrogen and oxygen atoms in total. The summed E-state index contributed by atoms with van der Waals surface area (Å²) >= 11 is 0. The lowest BCUT2D eigenvalue weighted by Gasteiger charge is -2.19. The Morgan fingerprint density at radius 2 is 1.39 bits per heavy atom. The number of hydrogen-bond donors (Lipinski definition) is 0. The molecule has 5 heteroatoms. The molecule has 0 atom stereocenters. The van der Waals surface area contributed by atoms with Crippen molar-refractivity contribution in [3.05, 3.63) is 0 Å². The maximum absolute atomic E-state index is 10.9. The van der Waals surface area contributed by atoms with E-state index < -0.39 is 8.17 Å². The molecular formula is C13H26O4P+. The first kappa shape index (κ1) is 16.3. The fraction of sp³-hybridized carbons (Fsp3) is 1.00. The van der Waals surface area contributed by atoms with Crippen LogP contribution in [-0.4, -0.2) is 13.2 Å². The summed E-state index contributed by atoms with van der Waals surface area (Å²) in [6.07, 6.45) is 11.4. The van der Waals surface area contributed by atoms with Gasteiger partial charge in [0.1, 0.15) is 13.2 Å². The smallest absolute Gasteiger partial charge is 0.149 e. The quantitative estimate of drug-likeness (QED) is 0.452. The fourth-order valence-electron chi connectivity index (χ4n) is 2.21. The predicted octanol–water partition coefficient (Wildman–Crippen LogP) is 4.72. The molecule has 0 spiro atoms. The number of unbranched alkanes of at least 4 members (excludes halogenated alkanes) is 7. The minimum atomic E-state index is -3.93. The second-order valence-corrected chi connectivity index (χ2v) is 6.58. The standard InChI is InChI=1S/C13H26O4P/c1-2-3-4-5-6-7-8-9-10-13-11-16-18(14,15)17-12-13/h13H,2-12H2,1H3/q+1. The molecule has 0 unspecified atom stereocenters. The topological polar surface area (TPSA) is 58.3 Å². The first-order valence-corrected chi connectivity index (χ1v) is 8.70. The van der Waals surface area contributed by atoms with Crippen molar-refractivity contribution < 1.29 is 18.8 Å². The van der Waals surface area contributed by atoms with Crippen LogP contribution < -0.4 is 0 Å². The van der Waals surface area contributed by atoms with Crippen molar-refractivity contribution in [2.75, 3.05) is 13.2 Å². The molecule has 0 amide bonds. The summed E-state index contributed by atoms with van der Waals surface area (Å²) in [6.45, 7) is 2.84. The summed E-state index contributed by atoms with van der Waals surface area (Å²) in [5, 5.41) is 0. The Labute approximate surface area is 111 Å². The van der Waals surface area contributed by atoms with E-state index in [1.165, 1.54) is 44.9 Å². The molecular weight excluding hydrogens is 251 g/mol. The van der Waals surface area contributed by atoms with E-state index in [4.69, 9.17) is 0 Å². The van der Waals surface area contributed by atoms with Gasteiger partial charge in [0, 0.05) is 5.92 Å². The second kappa shape index (κ2) is 9.22. The zero-order chi connectivity index (χ0) is 13.3. The maximum Gasteiger partial charge on any atom is 0.645 e. The first-order valence-electron chi connectivity index (χ1n) is 7.24. The molecule has 106 valence electrons. The first-order chi connectivity index (χ1) is 8.64. The predicted molar refractivity (Wildman–Crippen MR) is 70.9 cm³/mol. The third-order valence-corrected chi connectivity index (χ3v) is 4.33. The number of rotatable bonds is 9. The van der Waals surface area contributed by atoms with Crippen LogP contribution in [0.4, 0.5) is 0 Å². The van der Waals surface area contributed by atoms with Gasteiger partial charge in [0.2, 0.25) is 0 Å². The molecule has 0 aromatic rings. The van der Waals surface area contributed by atoms with Gasteiger partial charge in [-0.3, -0.25) is 0 Å². The SMILES string of the molecule is CCCCCCCCCCC1CO[P+]([O])([O])OC1. The van der Waals surface area contributed by atoms with Gasteiger partial charge in [-0.15, -0.1) is 9.05 Å². The molecule has 1 heterocycles. The van der Waals surface area contributed by atoms with Gasteiger partial charge >= 0.3 is 8.17 Å². The highest BCUT2D eigenvalue weighted by molar-refractivity contribution is 7.53. The Morgan fingerprint density at radius 3 is 1.94 bits per heavy atom. The van der Waals surface area contributed by atoms with E-state index in [0.29, 0.717) is 13.2 Å². The zero-order valence-corrected chi connectivity index (χ0v) is 12.3. The minimum absolute atomic E-state index is 0.251. The summed E-state index contributed by atoms with van der Waals surface area (Å²) in [7, 11) is -3.93. The van der Waals surface area contributed by atoms with Crippen LogP contribution in [0.25, 0.3) is 0 Å². The van der Waals surface area contributed by atoms with Gasteiger partial charge in [0.05, 0.1) is 9.79 Å². The van der Waals surface area contributed by atoms with Crippen LogP contribution in [0.3, 0.4) is 0 Å². The van der Waals surface area contributed by atoms with Crippen LogP contribution in [0.2, 0.25) is 0 Å². The van der Waals surface area contributed by atoms with E-state index in [1.807, 2.05) is 0 Å². The van der Waals surface area contributed by atoms with Crippen molar-refractivity contribution in [2.24, 2.45) is 5.92 Å². The monoisotopic (exact) mass is 277 g/mol. The average molecular weight is 277 g/mol. The Kier molecular flexibility index (Phi) is 8.36. The normalized spacial score (nSPS) is 20.2. The van der Waals surface area contributed by atoms with E-state index in [0.717, 1.165) is 12.8 Å². The molecule has 1 saturated heterocycles. The lowest BCUT2D eigenvalue weighted by Crippen LogP contribution is -2.22. The van der Waals surface area contributed by atoms with Gasteiger partial charge in [-0.25, -0.2) is 0 Å². The lowest BCUT2D eigenvalue weighted by atomic mass is 10.0. The van der Waals surface area contributed by atoms with Gasteiger partial charge < -0.3 is 0 Å². The van der Waals surface area contributed by atoms with Gasteiger partial charge in [-0.05, 0) is 6.42 Å². The van der Waals surface area contributed by atoms with Crippen molar-refractivity contribution in [1.82, 2.24) is 0 Å². The van der Waals surface area contributed by atoms with Crippen molar-refractivity contribution in [3.63, 3.8) is 0 Å². The largest absolute Gasteiger partial charge is 0.645 e. The van der Waals surface area contributed by atoms with Crippen LogP contribution in [0, 0.1) is 5.92 Å². The molecule has 0 saturated carbocycles. The van der Waals surface area contributed by atoms with E-state index >= 15 is 0 Å².